The highest BCUT2D eigenvalue weighted by atomic mass is 16.8. The minimum atomic E-state index is -1.86. The monoisotopic (exact) mass is 518 g/mol. The van der Waals surface area contributed by atoms with E-state index in [1.807, 2.05) is 0 Å². The van der Waals surface area contributed by atoms with Crippen molar-refractivity contribution in [2.75, 3.05) is 26.9 Å². The van der Waals surface area contributed by atoms with Gasteiger partial charge in [-0.05, 0) is 0 Å². The zero-order valence-electron chi connectivity index (χ0n) is 18.7. The van der Waals surface area contributed by atoms with Crippen LogP contribution in [-0.4, -0.2) is 170 Å². The topological polar surface area (TPSA) is 258 Å². The summed E-state index contributed by atoms with van der Waals surface area (Å²) in [5.74, 6) is 0. The van der Waals surface area contributed by atoms with Gasteiger partial charge in [0.1, 0.15) is 73.2 Å². The standard InChI is InChI=1S/C19H34O16/c1-30-18-15(12(27)9(24)6(3-21)32-18)35-19-16(13(28)10(25)7(4-22)33-19)34-17-14(29)11(26)8(23)5(2-20)31-17/h5-29H,2-4H2,1H3/t5-,6-,7-,8-,9-,10-,11+,12+,13+,14-,15+,16+,17+,18+,19+/m1/s1. The third kappa shape index (κ3) is 5.78. The molecule has 0 aromatic rings. The van der Waals surface area contributed by atoms with E-state index in [-0.39, 0.29) is 0 Å². The Kier molecular flexibility index (Phi) is 10.1. The lowest BCUT2D eigenvalue weighted by Gasteiger charge is -2.48. The molecule has 3 aliphatic rings. The van der Waals surface area contributed by atoms with Gasteiger partial charge in [0, 0.05) is 7.11 Å². The predicted octanol–water partition coefficient (Wildman–Crippen LogP) is -6.92. The molecule has 15 atom stereocenters. The maximum Gasteiger partial charge on any atom is 0.187 e. The largest absolute Gasteiger partial charge is 0.394 e. The molecule has 0 aromatic heterocycles. The van der Waals surface area contributed by atoms with Crippen LogP contribution in [0.1, 0.15) is 0 Å². The zero-order chi connectivity index (χ0) is 26.0. The average Bonchev–Trinajstić information content (AvgIpc) is 2.86. The SMILES string of the molecule is CO[C@H]1O[C@H](CO)[C@@H](O)[C@H](O)[C@@H]1O[C@@H]1O[C@H](CO)[C@@H](O)[C@H](O)[C@@H]1O[C@@H]1O[C@H](CO)[C@@H](O)[C@H](O)[C@H]1O. The Bertz CT molecular complexity index is 652. The van der Waals surface area contributed by atoms with Crippen molar-refractivity contribution >= 4 is 0 Å². The molecule has 0 aliphatic carbocycles. The van der Waals surface area contributed by atoms with Crippen molar-refractivity contribution in [1.29, 1.82) is 0 Å². The van der Waals surface area contributed by atoms with Gasteiger partial charge in [0.25, 0.3) is 0 Å². The van der Waals surface area contributed by atoms with Gasteiger partial charge in [-0.25, -0.2) is 0 Å². The second-order valence-electron chi connectivity index (χ2n) is 8.55. The first-order valence-corrected chi connectivity index (χ1v) is 11.0. The average molecular weight is 518 g/mol. The molecule has 3 fully saturated rings. The van der Waals surface area contributed by atoms with E-state index in [1.54, 1.807) is 0 Å². The lowest BCUT2D eigenvalue weighted by Crippen LogP contribution is -2.67. The van der Waals surface area contributed by atoms with E-state index in [9.17, 15) is 51.1 Å². The Morgan fingerprint density at radius 3 is 1.31 bits per heavy atom. The van der Waals surface area contributed by atoms with Crippen LogP contribution in [0.4, 0.5) is 0 Å². The molecule has 16 nitrogen and oxygen atoms in total. The van der Waals surface area contributed by atoms with Crippen molar-refractivity contribution in [2.24, 2.45) is 0 Å². The molecule has 0 amide bonds. The van der Waals surface area contributed by atoms with Crippen LogP contribution in [0.15, 0.2) is 0 Å². The fourth-order valence-corrected chi connectivity index (χ4v) is 4.19. The number of methoxy groups -OCH3 is 1. The van der Waals surface area contributed by atoms with Crippen molar-refractivity contribution < 1.29 is 79.5 Å². The molecule has 0 saturated carbocycles. The molecule has 0 radical (unpaired) electrons. The van der Waals surface area contributed by atoms with Crippen LogP contribution in [-0.2, 0) is 28.4 Å². The van der Waals surface area contributed by atoms with Crippen LogP contribution >= 0.6 is 0 Å². The number of hydrogen-bond acceptors (Lipinski definition) is 16. The summed E-state index contributed by atoms with van der Waals surface area (Å²) < 4.78 is 32.4. The third-order valence-corrected chi connectivity index (χ3v) is 6.31. The molecular weight excluding hydrogens is 484 g/mol. The zero-order valence-corrected chi connectivity index (χ0v) is 18.7. The Labute approximate surface area is 199 Å². The summed E-state index contributed by atoms with van der Waals surface area (Å²) in [7, 11) is 1.19. The predicted molar refractivity (Wildman–Crippen MR) is 106 cm³/mol. The smallest absolute Gasteiger partial charge is 0.187 e. The van der Waals surface area contributed by atoms with E-state index in [1.165, 1.54) is 7.11 Å². The van der Waals surface area contributed by atoms with Gasteiger partial charge in [0.2, 0.25) is 0 Å². The molecule has 16 heteroatoms. The van der Waals surface area contributed by atoms with E-state index < -0.39 is 112 Å². The van der Waals surface area contributed by atoms with E-state index in [0.29, 0.717) is 0 Å². The maximum atomic E-state index is 10.7. The van der Waals surface area contributed by atoms with E-state index >= 15 is 0 Å². The van der Waals surface area contributed by atoms with Gasteiger partial charge in [-0.3, -0.25) is 0 Å². The van der Waals surface area contributed by atoms with Crippen molar-refractivity contribution in [3.63, 3.8) is 0 Å². The normalized spacial score (nSPS) is 51.3. The summed E-state index contributed by atoms with van der Waals surface area (Å²) in [4.78, 5) is 0. The summed E-state index contributed by atoms with van der Waals surface area (Å²) in [5, 5.41) is 100. The first-order valence-electron chi connectivity index (χ1n) is 11.0. The maximum absolute atomic E-state index is 10.7. The Morgan fingerprint density at radius 2 is 0.857 bits per heavy atom. The highest BCUT2D eigenvalue weighted by molar-refractivity contribution is 4.96. The summed E-state index contributed by atoms with van der Waals surface area (Å²) in [5.41, 5.74) is 0. The van der Waals surface area contributed by atoms with Gasteiger partial charge >= 0.3 is 0 Å². The van der Waals surface area contributed by atoms with E-state index in [2.05, 4.69) is 0 Å². The highest BCUT2D eigenvalue weighted by Crippen LogP contribution is 2.33. The molecule has 3 saturated heterocycles. The molecule has 35 heavy (non-hydrogen) atoms. The molecule has 3 heterocycles. The fourth-order valence-electron chi connectivity index (χ4n) is 4.19. The van der Waals surface area contributed by atoms with Crippen LogP contribution in [0.5, 0.6) is 0 Å². The van der Waals surface area contributed by atoms with E-state index in [0.717, 1.165) is 0 Å². The molecule has 206 valence electrons. The molecule has 0 spiro atoms. The summed E-state index contributed by atoms with van der Waals surface area (Å²) in [6.45, 7) is -2.17. The molecule has 3 aliphatic heterocycles. The van der Waals surface area contributed by atoms with Crippen molar-refractivity contribution in [2.45, 2.75) is 92.1 Å². The number of hydrogen-bond donors (Lipinski definition) is 10. The Hall–Kier alpha value is -0.640. The molecular formula is C19H34O16. The van der Waals surface area contributed by atoms with Crippen LogP contribution in [0.25, 0.3) is 0 Å². The molecule has 10 N–H and O–H groups in total. The van der Waals surface area contributed by atoms with Crippen LogP contribution in [0, 0.1) is 0 Å². The third-order valence-electron chi connectivity index (χ3n) is 6.31. The quantitative estimate of drug-likeness (QED) is 0.143. The second kappa shape index (κ2) is 12.3. The number of rotatable bonds is 8. The molecule has 0 aromatic carbocycles. The van der Waals surface area contributed by atoms with E-state index in [4.69, 9.17) is 28.4 Å². The fraction of sp³-hybridized carbons (Fsp3) is 1.00. The van der Waals surface area contributed by atoms with Crippen LogP contribution in [0.2, 0.25) is 0 Å². The molecule has 0 unspecified atom stereocenters. The van der Waals surface area contributed by atoms with Gasteiger partial charge in [0.15, 0.2) is 18.9 Å². The number of aliphatic hydroxyl groups excluding tert-OH is 10. The molecule has 0 bridgehead atoms. The minimum Gasteiger partial charge on any atom is -0.394 e. The Balaban J connectivity index is 1.84. The second-order valence-corrected chi connectivity index (χ2v) is 8.55. The summed E-state index contributed by atoms with van der Waals surface area (Å²) in [6.07, 6.45) is -24.2. The van der Waals surface area contributed by atoms with Gasteiger partial charge in [-0.1, -0.05) is 0 Å². The van der Waals surface area contributed by atoms with Crippen molar-refractivity contribution in [3.05, 3.63) is 0 Å². The van der Waals surface area contributed by atoms with Gasteiger partial charge in [0.05, 0.1) is 19.8 Å². The minimum absolute atomic E-state index is 0.648. The van der Waals surface area contributed by atoms with Gasteiger partial charge in [-0.15, -0.1) is 0 Å². The number of aliphatic hydroxyl groups is 10. The first-order chi connectivity index (χ1) is 16.6. The number of ether oxygens (including phenoxy) is 6. The lowest BCUT2D eigenvalue weighted by molar-refractivity contribution is -0.392. The van der Waals surface area contributed by atoms with Gasteiger partial charge in [-0.2, -0.15) is 0 Å². The molecule has 3 rings (SSSR count). The van der Waals surface area contributed by atoms with Crippen molar-refractivity contribution in [3.8, 4) is 0 Å². The highest BCUT2D eigenvalue weighted by Gasteiger charge is 2.53. The van der Waals surface area contributed by atoms with Crippen LogP contribution < -0.4 is 0 Å². The van der Waals surface area contributed by atoms with Crippen molar-refractivity contribution in [1.82, 2.24) is 0 Å². The first kappa shape index (κ1) is 28.9. The summed E-state index contributed by atoms with van der Waals surface area (Å²) >= 11 is 0. The lowest BCUT2D eigenvalue weighted by atomic mass is 9.96. The summed E-state index contributed by atoms with van der Waals surface area (Å²) in [6, 6.07) is 0. The Morgan fingerprint density at radius 1 is 0.486 bits per heavy atom. The van der Waals surface area contributed by atoms with Crippen LogP contribution in [0.3, 0.4) is 0 Å². The van der Waals surface area contributed by atoms with Gasteiger partial charge < -0.3 is 79.5 Å².